The molecule has 4 rings (SSSR count). The minimum atomic E-state index is -0.484. The van der Waals surface area contributed by atoms with Crippen LogP contribution in [0.15, 0.2) is 58.5 Å². The number of nitrogens with zero attached hydrogens (tertiary/aromatic N) is 2. The molecule has 7 heteroatoms. The highest BCUT2D eigenvalue weighted by atomic mass is 32.2. The number of fused-ring (bicyclic) bond motifs is 1. The molecule has 0 aliphatic heterocycles. The van der Waals surface area contributed by atoms with Crippen molar-refractivity contribution < 1.29 is 8.78 Å². The van der Waals surface area contributed by atoms with E-state index in [1.807, 2.05) is 44.2 Å². The van der Waals surface area contributed by atoms with Crippen molar-refractivity contribution in [1.29, 1.82) is 0 Å². The second-order valence-corrected chi connectivity index (χ2v) is 9.06. The molecule has 3 nitrogen and oxygen atoms in total. The Morgan fingerprint density at radius 2 is 1.87 bits per heavy atom. The maximum Gasteiger partial charge on any atom is 0.272 e. The smallest absolute Gasteiger partial charge is 0.272 e. The normalized spacial score (nSPS) is 11.3. The number of hydrogen-bond donors (Lipinski definition) is 0. The molecule has 2 aromatic carbocycles. The number of halogens is 2. The zero-order valence-corrected chi connectivity index (χ0v) is 18.2. The number of benzene rings is 2. The van der Waals surface area contributed by atoms with Crippen LogP contribution in [0.2, 0.25) is 0 Å². The van der Waals surface area contributed by atoms with E-state index in [0.29, 0.717) is 21.9 Å². The minimum absolute atomic E-state index is 0.0903. The summed E-state index contributed by atoms with van der Waals surface area (Å²) in [6.07, 6.45) is 0.769. The lowest BCUT2D eigenvalue weighted by Gasteiger charge is -2.11. The molecule has 0 saturated carbocycles. The van der Waals surface area contributed by atoms with Gasteiger partial charge in [-0.05, 0) is 43.2 Å². The first-order chi connectivity index (χ1) is 14.5. The van der Waals surface area contributed by atoms with Crippen LogP contribution in [0.1, 0.15) is 24.5 Å². The quantitative estimate of drug-likeness (QED) is 0.255. The van der Waals surface area contributed by atoms with Crippen LogP contribution in [-0.4, -0.2) is 9.55 Å². The van der Waals surface area contributed by atoms with Gasteiger partial charge in [0.25, 0.3) is 5.56 Å². The third-order valence-electron chi connectivity index (χ3n) is 4.75. The lowest BCUT2D eigenvalue weighted by atomic mass is 10.1. The van der Waals surface area contributed by atoms with Crippen molar-refractivity contribution in [3.63, 3.8) is 0 Å². The Balaban J connectivity index is 1.74. The van der Waals surface area contributed by atoms with Gasteiger partial charge in [0.15, 0.2) is 5.16 Å². The SMILES string of the molecule is CCCn1c(SCc2cc(F)ccc2F)nc2cc(-c3ccc(C)cc3)sc2c1=O. The monoisotopic (exact) mass is 442 g/mol. The lowest BCUT2D eigenvalue weighted by Crippen LogP contribution is -2.22. The first kappa shape index (κ1) is 20.8. The van der Waals surface area contributed by atoms with E-state index in [9.17, 15) is 13.6 Å². The maximum absolute atomic E-state index is 14.0. The Hall–Kier alpha value is -2.51. The molecular weight excluding hydrogens is 422 g/mol. The van der Waals surface area contributed by atoms with Crippen LogP contribution in [0, 0.1) is 18.6 Å². The fourth-order valence-corrected chi connectivity index (χ4v) is 5.23. The van der Waals surface area contributed by atoms with Gasteiger partial charge >= 0.3 is 0 Å². The fraction of sp³-hybridized carbons (Fsp3) is 0.217. The second kappa shape index (κ2) is 8.70. The largest absolute Gasteiger partial charge is 0.286 e. The Morgan fingerprint density at radius 1 is 1.10 bits per heavy atom. The van der Waals surface area contributed by atoms with Crippen molar-refractivity contribution in [1.82, 2.24) is 9.55 Å². The van der Waals surface area contributed by atoms with Gasteiger partial charge in [0, 0.05) is 22.7 Å². The molecule has 0 atom stereocenters. The predicted molar refractivity (Wildman–Crippen MR) is 120 cm³/mol. The van der Waals surface area contributed by atoms with Gasteiger partial charge in [-0.25, -0.2) is 13.8 Å². The molecule has 30 heavy (non-hydrogen) atoms. The minimum Gasteiger partial charge on any atom is -0.286 e. The maximum atomic E-state index is 14.0. The molecule has 2 heterocycles. The number of thiophene rings is 1. The molecule has 0 amide bonds. The zero-order valence-electron chi connectivity index (χ0n) is 16.6. The van der Waals surface area contributed by atoms with Gasteiger partial charge in [-0.2, -0.15) is 0 Å². The number of aryl methyl sites for hydroxylation is 1. The molecule has 0 aliphatic carbocycles. The summed E-state index contributed by atoms with van der Waals surface area (Å²) in [5.74, 6) is -0.756. The number of aromatic nitrogens is 2. The van der Waals surface area contributed by atoms with E-state index in [1.54, 1.807) is 4.57 Å². The molecule has 4 aromatic rings. The molecule has 0 fully saturated rings. The Morgan fingerprint density at radius 3 is 2.60 bits per heavy atom. The van der Waals surface area contributed by atoms with Crippen LogP contribution in [0.5, 0.6) is 0 Å². The van der Waals surface area contributed by atoms with Crippen molar-refractivity contribution in [2.75, 3.05) is 0 Å². The van der Waals surface area contributed by atoms with Crippen LogP contribution in [-0.2, 0) is 12.3 Å². The third-order valence-corrected chi connectivity index (χ3v) is 6.93. The number of rotatable bonds is 6. The summed E-state index contributed by atoms with van der Waals surface area (Å²) in [4.78, 5) is 18.8. The summed E-state index contributed by atoms with van der Waals surface area (Å²) in [7, 11) is 0. The van der Waals surface area contributed by atoms with Crippen LogP contribution < -0.4 is 5.56 Å². The zero-order chi connectivity index (χ0) is 21.3. The van der Waals surface area contributed by atoms with Gasteiger partial charge in [0.1, 0.15) is 16.3 Å². The highest BCUT2D eigenvalue weighted by Gasteiger charge is 2.16. The van der Waals surface area contributed by atoms with Crippen molar-refractivity contribution >= 4 is 33.3 Å². The van der Waals surface area contributed by atoms with Crippen LogP contribution >= 0.6 is 23.1 Å². The van der Waals surface area contributed by atoms with Gasteiger partial charge in [0.05, 0.1) is 5.52 Å². The standard InChI is InChI=1S/C23H20F2N2OS2/c1-3-10-27-22(28)21-19(12-20(30-21)15-6-4-14(2)5-7-15)26-23(27)29-13-16-11-17(24)8-9-18(16)25/h4-9,11-12H,3,10,13H2,1-2H3. The molecule has 0 bridgehead atoms. The topological polar surface area (TPSA) is 34.9 Å². The van der Waals surface area contributed by atoms with Crippen LogP contribution in [0.4, 0.5) is 8.78 Å². The van der Waals surface area contributed by atoms with Gasteiger partial charge in [-0.15, -0.1) is 11.3 Å². The molecule has 0 radical (unpaired) electrons. The summed E-state index contributed by atoms with van der Waals surface area (Å²) in [5, 5.41) is 0.520. The summed E-state index contributed by atoms with van der Waals surface area (Å²) in [5.41, 5.74) is 3.01. The van der Waals surface area contributed by atoms with Gasteiger partial charge < -0.3 is 0 Å². The molecule has 154 valence electrons. The average molecular weight is 443 g/mol. The van der Waals surface area contributed by atoms with Crippen molar-refractivity contribution in [2.24, 2.45) is 0 Å². The van der Waals surface area contributed by atoms with E-state index in [0.717, 1.165) is 29.0 Å². The van der Waals surface area contributed by atoms with Crippen LogP contribution in [0.25, 0.3) is 20.7 Å². The Bertz CT molecular complexity index is 1260. The summed E-state index contributed by atoms with van der Waals surface area (Å²) in [6.45, 7) is 4.54. The molecule has 0 N–H and O–H groups in total. The summed E-state index contributed by atoms with van der Waals surface area (Å²) >= 11 is 2.68. The number of thioether (sulfide) groups is 1. The lowest BCUT2D eigenvalue weighted by molar-refractivity contribution is 0.583. The molecular formula is C23H20F2N2OS2. The first-order valence-corrected chi connectivity index (χ1v) is 11.4. The fourth-order valence-electron chi connectivity index (χ4n) is 3.18. The Kier molecular flexibility index (Phi) is 6.01. The van der Waals surface area contributed by atoms with E-state index in [2.05, 4.69) is 0 Å². The summed E-state index contributed by atoms with van der Waals surface area (Å²) in [6, 6.07) is 13.5. The van der Waals surface area contributed by atoms with Gasteiger partial charge in [-0.3, -0.25) is 9.36 Å². The second-order valence-electron chi connectivity index (χ2n) is 7.07. The van der Waals surface area contributed by atoms with Gasteiger partial charge in [0.2, 0.25) is 0 Å². The first-order valence-electron chi connectivity index (χ1n) is 9.64. The van der Waals surface area contributed by atoms with Crippen molar-refractivity contribution in [3.8, 4) is 10.4 Å². The van der Waals surface area contributed by atoms with Gasteiger partial charge in [-0.1, -0.05) is 48.5 Å². The van der Waals surface area contributed by atoms with E-state index in [-0.39, 0.29) is 16.9 Å². The summed E-state index contributed by atoms with van der Waals surface area (Å²) < 4.78 is 29.7. The molecule has 0 unspecified atom stereocenters. The predicted octanol–water partition coefficient (Wildman–Crippen LogP) is 6.41. The molecule has 2 aromatic heterocycles. The van der Waals surface area contributed by atoms with Crippen LogP contribution in [0.3, 0.4) is 0 Å². The van der Waals surface area contributed by atoms with E-state index >= 15 is 0 Å². The van der Waals surface area contributed by atoms with Crippen molar-refractivity contribution in [2.45, 2.75) is 37.7 Å². The third kappa shape index (κ3) is 4.18. The molecule has 0 aliphatic rings. The highest BCUT2D eigenvalue weighted by Crippen LogP contribution is 2.33. The molecule has 0 saturated heterocycles. The number of hydrogen-bond acceptors (Lipinski definition) is 4. The average Bonchev–Trinajstić information content (AvgIpc) is 3.16. The van der Waals surface area contributed by atoms with E-state index < -0.39 is 11.6 Å². The van der Waals surface area contributed by atoms with E-state index in [1.165, 1.54) is 34.7 Å². The highest BCUT2D eigenvalue weighted by molar-refractivity contribution is 7.98. The van der Waals surface area contributed by atoms with E-state index in [4.69, 9.17) is 4.98 Å². The Labute approximate surface area is 181 Å². The molecule has 0 spiro atoms. The van der Waals surface area contributed by atoms with Crippen molar-refractivity contribution in [3.05, 3.63) is 81.6 Å².